The number of anilines is 1. The summed E-state index contributed by atoms with van der Waals surface area (Å²) in [6.07, 6.45) is 5.76. The fourth-order valence-corrected chi connectivity index (χ4v) is 6.57. The number of aromatic amines is 1. The van der Waals surface area contributed by atoms with Crippen LogP contribution in [0, 0.1) is 0 Å². The van der Waals surface area contributed by atoms with Gasteiger partial charge in [0.25, 0.3) is 0 Å². The average molecular weight is 564 g/mol. The maximum Gasteiger partial charge on any atom is 0.318 e. The van der Waals surface area contributed by atoms with Crippen molar-refractivity contribution >= 4 is 28.5 Å². The Kier molecular flexibility index (Phi) is 8.29. The number of urea groups is 1. The summed E-state index contributed by atoms with van der Waals surface area (Å²) in [6, 6.07) is 23.9. The van der Waals surface area contributed by atoms with Gasteiger partial charge in [-0.3, -0.25) is 4.79 Å². The van der Waals surface area contributed by atoms with E-state index in [1.54, 1.807) is 0 Å². The molecule has 2 aliphatic heterocycles. The molecular weight excluding hydrogens is 522 g/mol. The van der Waals surface area contributed by atoms with Crippen molar-refractivity contribution in [3.8, 4) is 0 Å². The lowest BCUT2D eigenvalue weighted by atomic mass is 9.89. The van der Waals surface area contributed by atoms with Crippen molar-refractivity contribution in [1.29, 1.82) is 0 Å². The molecule has 0 aliphatic carbocycles. The lowest BCUT2D eigenvalue weighted by Crippen LogP contribution is -2.53. The number of benzene rings is 3. The van der Waals surface area contributed by atoms with Crippen LogP contribution in [0.1, 0.15) is 53.9 Å². The highest BCUT2D eigenvalue weighted by molar-refractivity contribution is 5.98. The van der Waals surface area contributed by atoms with Crippen LogP contribution in [-0.4, -0.2) is 66.0 Å². The van der Waals surface area contributed by atoms with Crippen LogP contribution < -0.4 is 10.6 Å². The number of likely N-dealkylation sites (N-methyl/N-ethyl adjacent to an activating group) is 1. The molecule has 0 bridgehead atoms. The molecule has 7 nitrogen and oxygen atoms in total. The summed E-state index contributed by atoms with van der Waals surface area (Å²) < 4.78 is 0. The Bertz CT molecular complexity index is 1540. The highest BCUT2D eigenvalue weighted by atomic mass is 16.2. The van der Waals surface area contributed by atoms with E-state index in [2.05, 4.69) is 70.0 Å². The second-order valence-corrected chi connectivity index (χ2v) is 12.0. The molecule has 0 unspecified atom stereocenters. The summed E-state index contributed by atoms with van der Waals surface area (Å²) >= 11 is 0. The SMILES string of the molecule is C[C@@H](c1c[nH]c2ccccc12)[C@@H](NC(=O)N1CCC(c2ccccc2)CC1)C(=O)Nc1ccc2c(c1)CCN(C)CC2. The summed E-state index contributed by atoms with van der Waals surface area (Å²) in [6.45, 7) is 5.40. The van der Waals surface area contributed by atoms with Crippen LogP contribution in [0.25, 0.3) is 10.9 Å². The van der Waals surface area contributed by atoms with E-state index in [0.29, 0.717) is 19.0 Å². The number of hydrogen-bond acceptors (Lipinski definition) is 3. The Morgan fingerprint density at radius 1 is 0.881 bits per heavy atom. The van der Waals surface area contributed by atoms with Crippen LogP contribution >= 0.6 is 0 Å². The number of fused-ring (bicyclic) bond motifs is 2. The molecular formula is C35H41N5O2. The predicted octanol–water partition coefficient (Wildman–Crippen LogP) is 5.90. The molecule has 3 amide bonds. The molecule has 7 heteroatoms. The third kappa shape index (κ3) is 6.07. The molecule has 1 aromatic heterocycles. The van der Waals surface area contributed by atoms with Crippen molar-refractivity contribution in [3.05, 3.63) is 101 Å². The van der Waals surface area contributed by atoms with Crippen LogP contribution in [0.5, 0.6) is 0 Å². The van der Waals surface area contributed by atoms with Gasteiger partial charge >= 0.3 is 6.03 Å². The molecule has 0 saturated carbocycles. The van der Waals surface area contributed by atoms with Gasteiger partial charge in [-0.2, -0.15) is 0 Å². The lowest BCUT2D eigenvalue weighted by Gasteiger charge is -2.34. The van der Waals surface area contributed by atoms with Gasteiger partial charge in [0.1, 0.15) is 6.04 Å². The van der Waals surface area contributed by atoms with Crippen molar-refractivity contribution in [2.75, 3.05) is 38.5 Å². The number of amides is 3. The van der Waals surface area contributed by atoms with E-state index >= 15 is 0 Å². The van der Waals surface area contributed by atoms with Crippen LogP contribution in [0.4, 0.5) is 10.5 Å². The van der Waals surface area contributed by atoms with Gasteiger partial charge in [-0.1, -0.05) is 61.5 Å². The van der Waals surface area contributed by atoms with Crippen LogP contribution in [0.15, 0.2) is 79.0 Å². The average Bonchev–Trinajstić information content (AvgIpc) is 3.37. The number of likely N-dealkylation sites (tertiary alicyclic amines) is 1. The fraction of sp³-hybridized carbons (Fsp3) is 0.371. The van der Waals surface area contributed by atoms with Gasteiger partial charge in [0.05, 0.1) is 0 Å². The van der Waals surface area contributed by atoms with E-state index in [4.69, 9.17) is 0 Å². The maximum absolute atomic E-state index is 14.0. The van der Waals surface area contributed by atoms with Crippen molar-refractivity contribution in [3.63, 3.8) is 0 Å². The minimum atomic E-state index is -0.742. The zero-order chi connectivity index (χ0) is 29.1. The molecule has 3 heterocycles. The minimum Gasteiger partial charge on any atom is -0.361 e. The molecule has 6 rings (SSSR count). The maximum atomic E-state index is 14.0. The van der Waals surface area contributed by atoms with E-state index in [1.807, 2.05) is 48.4 Å². The second kappa shape index (κ2) is 12.4. The van der Waals surface area contributed by atoms with E-state index in [0.717, 1.165) is 60.9 Å². The highest BCUT2D eigenvalue weighted by Crippen LogP contribution is 2.30. The normalized spacial score (nSPS) is 17.7. The topological polar surface area (TPSA) is 80.5 Å². The van der Waals surface area contributed by atoms with Gasteiger partial charge in [0, 0.05) is 54.9 Å². The van der Waals surface area contributed by atoms with Gasteiger partial charge in [-0.05, 0) is 79.1 Å². The molecule has 3 N–H and O–H groups in total. The standard InChI is InChI=1S/C35H41N5O2/c1-24(31-23-36-32-11-7-6-10-30(31)32)33(34(41)37-29-13-12-26-14-18-39(2)19-15-28(26)22-29)38-35(42)40-20-16-27(17-21-40)25-8-4-3-5-9-25/h3-13,22-24,27,33,36H,14-21H2,1-2H3,(H,37,41)(H,38,42)/t24-,33+/m0/s1. The summed E-state index contributed by atoms with van der Waals surface area (Å²) in [5, 5.41) is 7.37. The first-order chi connectivity index (χ1) is 20.5. The number of aromatic nitrogens is 1. The summed E-state index contributed by atoms with van der Waals surface area (Å²) in [7, 11) is 2.15. The van der Waals surface area contributed by atoms with E-state index < -0.39 is 6.04 Å². The zero-order valence-corrected chi connectivity index (χ0v) is 24.6. The third-order valence-electron chi connectivity index (χ3n) is 9.23. The first kappa shape index (κ1) is 28.0. The van der Waals surface area contributed by atoms with Crippen molar-refractivity contribution in [2.24, 2.45) is 0 Å². The Morgan fingerprint density at radius 3 is 2.38 bits per heavy atom. The molecule has 3 aromatic carbocycles. The molecule has 0 radical (unpaired) electrons. The van der Waals surface area contributed by atoms with Crippen LogP contribution in [-0.2, 0) is 17.6 Å². The summed E-state index contributed by atoms with van der Waals surface area (Å²) in [5.74, 6) is -0.0000803. The second-order valence-electron chi connectivity index (χ2n) is 12.0. The fourth-order valence-electron chi connectivity index (χ4n) is 6.57. The Labute approximate surface area is 248 Å². The number of nitrogens with one attached hydrogen (secondary N) is 3. The number of para-hydroxylation sites is 1. The van der Waals surface area contributed by atoms with E-state index in [-0.39, 0.29) is 17.9 Å². The van der Waals surface area contributed by atoms with Gasteiger partial charge in [-0.15, -0.1) is 0 Å². The Morgan fingerprint density at radius 2 is 1.60 bits per heavy atom. The highest BCUT2D eigenvalue weighted by Gasteiger charge is 2.32. The number of H-pyrrole nitrogens is 1. The van der Waals surface area contributed by atoms with Gasteiger partial charge in [0.2, 0.25) is 5.91 Å². The van der Waals surface area contributed by atoms with Crippen LogP contribution in [0.3, 0.4) is 0 Å². The Hall–Kier alpha value is -4.10. The number of carbonyl (C=O) groups is 2. The molecule has 2 aliphatic rings. The molecule has 4 aromatic rings. The van der Waals surface area contributed by atoms with Crippen LogP contribution in [0.2, 0.25) is 0 Å². The van der Waals surface area contributed by atoms with E-state index in [9.17, 15) is 9.59 Å². The van der Waals surface area contributed by atoms with E-state index in [1.165, 1.54) is 16.7 Å². The number of rotatable bonds is 6. The first-order valence-corrected chi connectivity index (χ1v) is 15.2. The largest absolute Gasteiger partial charge is 0.361 e. The zero-order valence-electron chi connectivity index (χ0n) is 24.6. The molecule has 2 atom stereocenters. The quantitative estimate of drug-likeness (QED) is 0.273. The number of carbonyl (C=O) groups excluding carboxylic acids is 2. The Balaban J connectivity index is 1.20. The van der Waals surface area contributed by atoms with Gasteiger partial charge < -0.3 is 25.4 Å². The van der Waals surface area contributed by atoms with Crippen molar-refractivity contribution < 1.29 is 9.59 Å². The number of hydrogen-bond donors (Lipinski definition) is 3. The summed E-state index contributed by atoms with van der Waals surface area (Å²) in [4.78, 5) is 35.1. The van der Waals surface area contributed by atoms with Gasteiger partial charge in [0.15, 0.2) is 0 Å². The van der Waals surface area contributed by atoms with Crippen molar-refractivity contribution in [2.45, 2.75) is 50.5 Å². The van der Waals surface area contributed by atoms with Crippen molar-refractivity contribution in [1.82, 2.24) is 20.1 Å². The first-order valence-electron chi connectivity index (χ1n) is 15.2. The molecule has 1 fully saturated rings. The minimum absolute atomic E-state index is 0.182. The monoisotopic (exact) mass is 563 g/mol. The number of nitrogens with zero attached hydrogens (tertiary/aromatic N) is 2. The third-order valence-corrected chi connectivity index (χ3v) is 9.23. The molecule has 0 spiro atoms. The molecule has 42 heavy (non-hydrogen) atoms. The molecule has 218 valence electrons. The predicted molar refractivity (Wildman–Crippen MR) is 169 cm³/mol. The summed E-state index contributed by atoms with van der Waals surface area (Å²) in [5.41, 5.74) is 6.76. The molecule has 1 saturated heterocycles. The smallest absolute Gasteiger partial charge is 0.318 e. The number of piperidine rings is 1. The van der Waals surface area contributed by atoms with Gasteiger partial charge in [-0.25, -0.2) is 4.79 Å². The lowest BCUT2D eigenvalue weighted by molar-refractivity contribution is -0.118.